The fraction of sp³-hybridized carbons (Fsp3) is 0.154. The molecule has 4 heteroatoms. The zero-order valence-corrected chi connectivity index (χ0v) is 9.85. The second-order valence-corrected chi connectivity index (χ2v) is 5.01. The minimum atomic E-state index is -0.819. The van der Waals surface area contributed by atoms with Crippen molar-refractivity contribution in [3.63, 3.8) is 0 Å². The van der Waals surface area contributed by atoms with Gasteiger partial charge in [0.05, 0.1) is 6.54 Å². The van der Waals surface area contributed by atoms with Crippen LogP contribution in [0, 0.1) is 0 Å². The van der Waals surface area contributed by atoms with E-state index in [0.717, 1.165) is 4.88 Å². The maximum Gasteiger partial charge on any atom is 0.256 e. The van der Waals surface area contributed by atoms with Gasteiger partial charge in [0.15, 0.2) is 6.23 Å². The predicted molar refractivity (Wildman–Crippen MR) is 65.6 cm³/mol. The van der Waals surface area contributed by atoms with E-state index in [2.05, 4.69) is 0 Å². The first-order chi connectivity index (χ1) is 8.27. The molecular weight excluding hydrogens is 234 g/mol. The molecule has 1 aliphatic heterocycles. The molecule has 86 valence electrons. The summed E-state index contributed by atoms with van der Waals surface area (Å²) in [7, 11) is 0. The van der Waals surface area contributed by atoms with E-state index in [9.17, 15) is 9.90 Å². The van der Waals surface area contributed by atoms with Crippen LogP contribution in [0.2, 0.25) is 0 Å². The Balaban J connectivity index is 1.92. The highest BCUT2D eigenvalue weighted by atomic mass is 32.1. The molecule has 0 bridgehead atoms. The number of benzene rings is 1. The van der Waals surface area contributed by atoms with Gasteiger partial charge in [-0.05, 0) is 17.5 Å². The number of amides is 1. The maximum absolute atomic E-state index is 12.1. The van der Waals surface area contributed by atoms with E-state index in [1.807, 2.05) is 29.6 Å². The van der Waals surface area contributed by atoms with Crippen LogP contribution < -0.4 is 0 Å². The number of carbonyl (C=O) groups excluding carboxylic acids is 1. The Kier molecular flexibility index (Phi) is 2.46. The molecule has 2 heterocycles. The number of nitrogens with zero attached hydrogens (tertiary/aromatic N) is 1. The van der Waals surface area contributed by atoms with E-state index in [4.69, 9.17) is 0 Å². The van der Waals surface area contributed by atoms with Crippen LogP contribution in [0.15, 0.2) is 41.8 Å². The Morgan fingerprint density at radius 2 is 2.06 bits per heavy atom. The highest BCUT2D eigenvalue weighted by Crippen LogP contribution is 2.33. The lowest BCUT2D eigenvalue weighted by molar-refractivity contribution is 0.0142. The van der Waals surface area contributed by atoms with Gasteiger partial charge in [0.1, 0.15) is 0 Å². The van der Waals surface area contributed by atoms with E-state index in [-0.39, 0.29) is 5.91 Å². The van der Waals surface area contributed by atoms with Crippen LogP contribution in [0.5, 0.6) is 0 Å². The van der Waals surface area contributed by atoms with Crippen molar-refractivity contribution in [3.8, 4) is 0 Å². The van der Waals surface area contributed by atoms with Gasteiger partial charge in [-0.2, -0.15) is 0 Å². The van der Waals surface area contributed by atoms with Gasteiger partial charge in [0.25, 0.3) is 5.91 Å². The quantitative estimate of drug-likeness (QED) is 0.882. The molecule has 0 saturated heterocycles. The van der Waals surface area contributed by atoms with Crippen molar-refractivity contribution in [1.29, 1.82) is 0 Å². The second-order valence-electron chi connectivity index (χ2n) is 3.97. The summed E-state index contributed by atoms with van der Waals surface area (Å²) in [5.41, 5.74) is 1.31. The molecule has 3 rings (SSSR count). The lowest BCUT2D eigenvalue weighted by Gasteiger charge is -2.19. The maximum atomic E-state index is 12.1. The van der Waals surface area contributed by atoms with Crippen molar-refractivity contribution < 1.29 is 9.90 Å². The standard InChI is InChI=1S/C13H11NO2S/c15-12-10-5-1-2-6-11(10)13(16)14(12)8-9-4-3-7-17-9/h1-7,12,15H,8H2/t12-/m0/s1. The summed E-state index contributed by atoms with van der Waals surface area (Å²) in [6, 6.07) is 11.1. The number of carbonyl (C=O) groups is 1. The first-order valence-corrected chi connectivity index (χ1v) is 6.25. The van der Waals surface area contributed by atoms with Gasteiger partial charge in [-0.15, -0.1) is 11.3 Å². The Bertz CT molecular complexity index is 550. The van der Waals surface area contributed by atoms with Gasteiger partial charge < -0.3 is 10.0 Å². The summed E-state index contributed by atoms with van der Waals surface area (Å²) in [5.74, 6) is -0.0958. The third-order valence-electron chi connectivity index (χ3n) is 2.93. The van der Waals surface area contributed by atoms with Crippen molar-refractivity contribution in [3.05, 3.63) is 57.8 Å². The summed E-state index contributed by atoms with van der Waals surface area (Å²) in [6.07, 6.45) is -0.819. The smallest absolute Gasteiger partial charge is 0.256 e. The fourth-order valence-electron chi connectivity index (χ4n) is 2.08. The molecule has 17 heavy (non-hydrogen) atoms. The molecule has 0 aliphatic carbocycles. The lowest BCUT2D eigenvalue weighted by Crippen LogP contribution is -2.26. The molecular formula is C13H11NO2S. The van der Waals surface area contributed by atoms with Gasteiger partial charge in [-0.25, -0.2) is 0 Å². The molecule has 0 radical (unpaired) electrons. The molecule has 0 spiro atoms. The first-order valence-electron chi connectivity index (χ1n) is 5.38. The van der Waals surface area contributed by atoms with Crippen molar-refractivity contribution in [1.82, 2.24) is 4.90 Å². The van der Waals surface area contributed by atoms with Crippen molar-refractivity contribution >= 4 is 17.2 Å². The number of rotatable bonds is 2. The Hall–Kier alpha value is -1.65. The summed E-state index contributed by atoms with van der Waals surface area (Å²) in [4.78, 5) is 14.7. The Morgan fingerprint density at radius 3 is 2.76 bits per heavy atom. The van der Waals surface area contributed by atoms with Gasteiger partial charge in [0, 0.05) is 16.0 Å². The normalized spacial score (nSPS) is 18.5. The highest BCUT2D eigenvalue weighted by molar-refractivity contribution is 7.09. The SMILES string of the molecule is O=C1c2ccccc2[C@H](O)N1Cc1cccs1. The molecule has 0 fully saturated rings. The molecule has 1 aliphatic rings. The lowest BCUT2D eigenvalue weighted by atomic mass is 10.1. The van der Waals surface area contributed by atoms with Gasteiger partial charge >= 0.3 is 0 Å². The molecule has 1 N–H and O–H groups in total. The van der Waals surface area contributed by atoms with Gasteiger partial charge in [-0.1, -0.05) is 24.3 Å². The molecule has 1 aromatic heterocycles. The van der Waals surface area contributed by atoms with Crippen LogP contribution >= 0.6 is 11.3 Å². The summed E-state index contributed by atoms with van der Waals surface area (Å²) >= 11 is 1.59. The number of hydrogen-bond donors (Lipinski definition) is 1. The Morgan fingerprint density at radius 1 is 1.24 bits per heavy atom. The van der Waals surface area contributed by atoms with Crippen molar-refractivity contribution in [2.24, 2.45) is 0 Å². The minimum Gasteiger partial charge on any atom is -0.369 e. The molecule has 1 atom stereocenters. The predicted octanol–water partition coefficient (Wildman–Crippen LogP) is 2.40. The largest absolute Gasteiger partial charge is 0.369 e. The van der Waals surface area contributed by atoms with E-state index in [1.54, 1.807) is 23.5 Å². The number of hydrogen-bond acceptors (Lipinski definition) is 3. The molecule has 2 aromatic rings. The first kappa shape index (κ1) is 10.5. The number of aliphatic hydroxyl groups is 1. The third-order valence-corrected chi connectivity index (χ3v) is 3.79. The average molecular weight is 245 g/mol. The molecule has 1 amide bonds. The number of aliphatic hydroxyl groups excluding tert-OH is 1. The van der Waals surface area contributed by atoms with E-state index in [0.29, 0.717) is 17.7 Å². The molecule has 0 saturated carbocycles. The summed E-state index contributed by atoms with van der Waals surface area (Å²) < 4.78 is 0. The van der Waals surface area contributed by atoms with E-state index < -0.39 is 6.23 Å². The fourth-order valence-corrected chi connectivity index (χ4v) is 2.78. The van der Waals surface area contributed by atoms with Crippen molar-refractivity contribution in [2.45, 2.75) is 12.8 Å². The van der Waals surface area contributed by atoms with Crippen LogP contribution in [0.25, 0.3) is 0 Å². The summed E-state index contributed by atoms with van der Waals surface area (Å²) in [6.45, 7) is 0.465. The van der Waals surface area contributed by atoms with Crippen LogP contribution in [0.4, 0.5) is 0 Å². The monoisotopic (exact) mass is 245 g/mol. The molecule has 3 nitrogen and oxygen atoms in total. The summed E-state index contributed by atoms with van der Waals surface area (Å²) in [5, 5.41) is 12.1. The van der Waals surface area contributed by atoms with Crippen LogP contribution in [0.3, 0.4) is 0 Å². The second kappa shape index (κ2) is 3.98. The number of thiophene rings is 1. The third kappa shape index (κ3) is 1.66. The van der Waals surface area contributed by atoms with Crippen LogP contribution in [0.1, 0.15) is 27.0 Å². The minimum absolute atomic E-state index is 0.0958. The Labute approximate surface area is 103 Å². The topological polar surface area (TPSA) is 40.5 Å². The average Bonchev–Trinajstić information content (AvgIpc) is 2.94. The van der Waals surface area contributed by atoms with Crippen LogP contribution in [-0.4, -0.2) is 15.9 Å². The van der Waals surface area contributed by atoms with E-state index >= 15 is 0 Å². The van der Waals surface area contributed by atoms with E-state index in [1.165, 1.54) is 4.90 Å². The molecule has 0 unspecified atom stereocenters. The van der Waals surface area contributed by atoms with Crippen molar-refractivity contribution in [2.75, 3.05) is 0 Å². The van der Waals surface area contributed by atoms with Crippen LogP contribution in [-0.2, 0) is 6.54 Å². The molecule has 1 aromatic carbocycles. The highest BCUT2D eigenvalue weighted by Gasteiger charge is 2.34. The van der Waals surface area contributed by atoms with Gasteiger partial charge in [-0.3, -0.25) is 4.79 Å². The number of fused-ring (bicyclic) bond motifs is 1. The van der Waals surface area contributed by atoms with Gasteiger partial charge in [0.2, 0.25) is 0 Å². The zero-order valence-electron chi connectivity index (χ0n) is 9.04. The zero-order chi connectivity index (χ0) is 11.8.